The number of ether oxygens (including phenoxy) is 1. The maximum absolute atomic E-state index is 13.0. The summed E-state index contributed by atoms with van der Waals surface area (Å²) in [4.78, 5) is -1.99. The molecular weight excluding hydrogens is 1010 g/mol. The first-order valence-electron chi connectivity index (χ1n) is 15.3. The van der Waals surface area contributed by atoms with Crippen LogP contribution in [0.5, 0.6) is 11.5 Å². The molecule has 0 aromatic heterocycles. The number of nitrogens with two attached hydrogens (primary N) is 1. The average Bonchev–Trinajstić information content (AvgIpc) is 3.18. The van der Waals surface area contributed by atoms with Gasteiger partial charge in [-0.15, -0.1) is 29.1 Å². The minimum absolute atomic E-state index is 0. The molecule has 322 valence electrons. The van der Waals surface area contributed by atoms with E-state index in [1.165, 1.54) is 44.4 Å². The van der Waals surface area contributed by atoms with E-state index in [1.54, 1.807) is 0 Å². The molecule has 0 atom stereocenters. The number of phenolic OH excluding ortho intramolecular Hbond substituents is 1. The molecule has 0 aliphatic rings. The molecule has 0 saturated heterocycles. The zero-order chi connectivity index (χ0) is 43.4. The number of benzene rings is 4. The van der Waals surface area contributed by atoms with Gasteiger partial charge in [0.05, 0.1) is 69.1 Å². The molecule has 0 saturated carbocycles. The van der Waals surface area contributed by atoms with E-state index in [2.05, 4.69) is 52.8 Å². The van der Waals surface area contributed by atoms with Crippen LogP contribution in [0, 0.1) is 6.92 Å². The van der Waals surface area contributed by atoms with Gasteiger partial charge < -0.3 is 35.9 Å². The number of methoxy groups -OCH3 is 1. The number of hydrogen-bond acceptors (Lipinski definition) is 28. The molecule has 0 bridgehead atoms. The Bertz CT molecular complexity index is 2550. The van der Waals surface area contributed by atoms with Gasteiger partial charge in [0.25, 0.3) is 0 Å². The number of aryl methyl sites for hydroxylation is 1. The summed E-state index contributed by atoms with van der Waals surface area (Å²) in [6, 6.07) is 8.74. The maximum atomic E-state index is 13.0. The van der Waals surface area contributed by atoms with Gasteiger partial charge >= 0.3 is 118 Å². The van der Waals surface area contributed by atoms with Crippen molar-refractivity contribution in [3.05, 3.63) is 54.1 Å². The molecule has 63 heavy (non-hydrogen) atoms. The molecule has 0 heterocycles. The van der Waals surface area contributed by atoms with Crippen molar-refractivity contribution in [2.45, 2.75) is 26.5 Å². The summed E-state index contributed by atoms with van der Waals surface area (Å²) >= 11 is 0.442. The zero-order valence-corrected chi connectivity index (χ0v) is 46.4. The van der Waals surface area contributed by atoms with E-state index >= 15 is 0 Å². The van der Waals surface area contributed by atoms with Crippen LogP contribution in [0.25, 0.3) is 10.8 Å². The van der Waals surface area contributed by atoms with Crippen molar-refractivity contribution in [3.63, 3.8) is 0 Å². The normalized spacial score (nSPS) is 11.8. The Morgan fingerprint density at radius 3 is 1.83 bits per heavy atom. The van der Waals surface area contributed by atoms with Crippen molar-refractivity contribution in [1.29, 1.82) is 0 Å². The molecule has 4 aromatic carbocycles. The number of hydrogen-bond donors (Lipinski definition) is 2. The molecule has 25 nitrogen and oxygen atoms in total. The number of fused-ring (bicyclic) bond motifs is 1. The summed E-state index contributed by atoms with van der Waals surface area (Å²) in [5.41, 5.74) is 5.08. The maximum Gasteiger partial charge on any atom is 1.00 e. The molecule has 0 aliphatic heterocycles. The van der Waals surface area contributed by atoms with Crippen LogP contribution in [0.15, 0.2) is 88.6 Å². The zero-order valence-electron chi connectivity index (χ0n) is 33.5. The van der Waals surface area contributed by atoms with E-state index in [1.807, 2.05) is 0 Å². The van der Waals surface area contributed by atoms with Gasteiger partial charge in [-0.2, -0.15) is 4.33 Å². The van der Waals surface area contributed by atoms with Crippen LogP contribution in [-0.4, -0.2) is 66.7 Å². The molecule has 0 spiro atoms. The second kappa shape index (κ2) is 29.9. The average molecular weight is 1040 g/mol. The van der Waals surface area contributed by atoms with Crippen molar-refractivity contribution in [1.82, 2.24) is 0 Å². The number of azo groups is 2. The molecule has 0 fully saturated rings. The van der Waals surface area contributed by atoms with Crippen molar-refractivity contribution in [2.24, 2.45) is 20.5 Å². The minimum Gasteiger partial charge on any atom is -0.744 e. The number of phenols is 1. The van der Waals surface area contributed by atoms with Gasteiger partial charge in [0.15, 0.2) is 50.1 Å². The van der Waals surface area contributed by atoms with Crippen LogP contribution in [0.1, 0.15) is 5.56 Å². The standard InChI is InChI=1S/C28H29N5O20S6.4Na/c1-15-11-21(22(45-2)14-24(15)58(40,41)10-8-47-56-53-50-37)31-33-27-23(54-51-48-35)13-18-17(28(27)34)4-5-19(29)26(18)32-30-20-6-3-16(12-25(20)59(42,43)44)57(38,39)9-7-46-55-52-49-36;;;;/h3-6,11-14,34-37H,7-10,29H2,1-2H3,(H,42,43,44);;;;/q;4*+1/p-4. The summed E-state index contributed by atoms with van der Waals surface area (Å²) in [7, 11) is -12.4. The molecule has 4 rings (SSSR count). The van der Waals surface area contributed by atoms with Gasteiger partial charge in [0, 0.05) is 16.8 Å². The second-order valence-electron chi connectivity index (χ2n) is 10.9. The quantitative estimate of drug-likeness (QED) is 0.0102. The summed E-state index contributed by atoms with van der Waals surface area (Å²) in [6.45, 7) is 0.536. The number of aromatic hydroxyl groups is 1. The van der Waals surface area contributed by atoms with Crippen molar-refractivity contribution < 1.29 is 210 Å². The SMILES string of the molecule is COc1cc(S(=O)(=O)CCOSOO[O-])c(C)cc1N=Nc1c(SOO[O-])cc2c(N=Nc3ccc(S(=O)(=O)CCOSOO[O-])cc3S(=O)(=O)[O-])c(N)ccc2c1O.[Na+].[Na+].[Na+].[Na+]. The molecule has 3 N–H and O–H groups in total. The van der Waals surface area contributed by atoms with E-state index in [9.17, 15) is 50.7 Å². The van der Waals surface area contributed by atoms with E-state index in [0.717, 1.165) is 12.1 Å². The smallest absolute Gasteiger partial charge is 0.744 e. The van der Waals surface area contributed by atoms with Gasteiger partial charge in [-0.1, -0.05) is 0 Å². The second-order valence-corrected chi connectivity index (χ2v) is 18.1. The fourth-order valence-electron chi connectivity index (χ4n) is 4.80. The van der Waals surface area contributed by atoms with Crippen molar-refractivity contribution in [2.75, 3.05) is 37.6 Å². The molecular formula is C28H25N5Na4O20S6. The van der Waals surface area contributed by atoms with E-state index < -0.39 is 69.1 Å². The summed E-state index contributed by atoms with van der Waals surface area (Å²) in [5.74, 6) is -1.94. The Balaban J connectivity index is 0.00000961. The molecule has 0 unspecified atom stereocenters. The Hall–Kier alpha value is 0.160. The predicted molar refractivity (Wildman–Crippen MR) is 194 cm³/mol. The first-order chi connectivity index (χ1) is 28.0. The van der Waals surface area contributed by atoms with E-state index in [4.69, 9.17) is 14.7 Å². The fraction of sp³-hybridized carbons (Fsp3) is 0.214. The Labute approximate surface area is 459 Å². The van der Waals surface area contributed by atoms with Gasteiger partial charge in [0.2, 0.25) is 0 Å². The van der Waals surface area contributed by atoms with Crippen LogP contribution in [0.3, 0.4) is 0 Å². The van der Waals surface area contributed by atoms with Crippen molar-refractivity contribution >= 4 is 106 Å². The number of rotatable bonds is 23. The van der Waals surface area contributed by atoms with Gasteiger partial charge in [-0.25, -0.2) is 25.3 Å². The van der Waals surface area contributed by atoms with Crippen LogP contribution in [-0.2, 0) is 66.3 Å². The van der Waals surface area contributed by atoms with Crippen LogP contribution in [0.2, 0.25) is 0 Å². The molecule has 4 aromatic rings. The fourth-order valence-corrected chi connectivity index (χ4v) is 9.10. The third-order valence-corrected chi connectivity index (χ3v) is 13.1. The first kappa shape index (κ1) is 63.2. The topological polar surface area (TPSA) is 373 Å². The number of nitrogen functional groups attached to an aromatic ring is 1. The van der Waals surface area contributed by atoms with Gasteiger partial charge in [0.1, 0.15) is 38.6 Å². The minimum atomic E-state index is -5.38. The van der Waals surface area contributed by atoms with Crippen LogP contribution >= 0.6 is 36.7 Å². The summed E-state index contributed by atoms with van der Waals surface area (Å²) in [6.07, 6.45) is 0. The monoisotopic (exact) mass is 1030 g/mol. The van der Waals surface area contributed by atoms with Gasteiger partial charge in [-0.05, 0) is 55.0 Å². The first-order valence-corrected chi connectivity index (χ1v) is 22.1. The van der Waals surface area contributed by atoms with E-state index in [0.29, 0.717) is 6.07 Å². The summed E-state index contributed by atoms with van der Waals surface area (Å²) < 4.78 is 115. The van der Waals surface area contributed by atoms with Crippen LogP contribution < -0.4 is 144 Å². The van der Waals surface area contributed by atoms with Crippen molar-refractivity contribution in [3.8, 4) is 11.5 Å². The number of anilines is 1. The third kappa shape index (κ3) is 17.9. The number of sulfone groups is 2. The number of nitrogens with zero attached hydrogens (tertiary/aromatic N) is 4. The Morgan fingerprint density at radius 2 is 1.25 bits per heavy atom. The van der Waals surface area contributed by atoms with Gasteiger partial charge in [-0.3, -0.25) is 23.5 Å². The summed E-state index contributed by atoms with van der Waals surface area (Å²) in [5, 5.41) is 67.5. The molecule has 0 radical (unpaired) electrons. The van der Waals surface area contributed by atoms with E-state index in [-0.39, 0.29) is 216 Å². The predicted octanol–water partition coefficient (Wildman–Crippen LogP) is -9.42. The molecule has 0 amide bonds. The molecule has 0 aliphatic carbocycles. The van der Waals surface area contributed by atoms with Crippen LogP contribution in [0.4, 0.5) is 28.4 Å². The largest absolute Gasteiger partial charge is 1.00 e. The Morgan fingerprint density at radius 1 is 0.683 bits per heavy atom. The molecule has 35 heteroatoms. The Kier molecular flexibility index (Phi) is 30.0. The third-order valence-electron chi connectivity index (χ3n) is 7.35.